The van der Waals surface area contributed by atoms with Gasteiger partial charge in [0.1, 0.15) is 11.5 Å². The second-order valence-electron chi connectivity index (χ2n) is 18.6. The molecule has 0 N–H and O–H groups in total. The van der Waals surface area contributed by atoms with Crippen LogP contribution in [0.2, 0.25) is 0 Å². The number of benzene rings is 11. The predicted octanol–water partition coefficient (Wildman–Crippen LogP) is 17.3. The number of nitrogens with zero attached hydrogens (tertiary/aromatic N) is 1. The summed E-state index contributed by atoms with van der Waals surface area (Å²) in [6.45, 7) is 0. The highest BCUT2D eigenvalue weighted by Crippen LogP contribution is 2.66. The molecule has 0 radical (unpaired) electrons. The number of para-hydroxylation sites is 2. The van der Waals surface area contributed by atoms with Crippen LogP contribution >= 0.6 is 11.8 Å². The summed E-state index contributed by atoms with van der Waals surface area (Å²) in [5.41, 5.74) is 19.7. The summed E-state index contributed by atoms with van der Waals surface area (Å²) in [5.74, 6) is 1.77. The first kappa shape index (κ1) is 38.7. The highest BCUT2D eigenvalue weighted by Gasteiger charge is 2.53. The van der Waals surface area contributed by atoms with Gasteiger partial charge in [-0.25, -0.2) is 0 Å². The van der Waals surface area contributed by atoms with Crippen molar-refractivity contribution in [2.75, 3.05) is 4.90 Å². The molecule has 0 bridgehead atoms. The average molecular weight is 896 g/mol. The van der Waals surface area contributed by atoms with Crippen LogP contribution in [0, 0.1) is 0 Å². The number of rotatable bonds is 4. The number of hydrogen-bond acceptors (Lipinski definition) is 3. The predicted molar refractivity (Wildman–Crippen MR) is 283 cm³/mol. The van der Waals surface area contributed by atoms with Crippen LogP contribution in [0.4, 0.5) is 17.1 Å². The quantitative estimate of drug-likeness (QED) is 0.175. The van der Waals surface area contributed by atoms with Crippen LogP contribution in [0.3, 0.4) is 0 Å². The number of ether oxygens (including phenoxy) is 1. The number of fused-ring (bicyclic) bond motifs is 19. The van der Waals surface area contributed by atoms with Crippen molar-refractivity contribution < 1.29 is 4.74 Å². The summed E-state index contributed by atoms with van der Waals surface area (Å²) >= 11 is 1.89. The van der Waals surface area contributed by atoms with Gasteiger partial charge in [-0.1, -0.05) is 212 Å². The van der Waals surface area contributed by atoms with Crippen molar-refractivity contribution in [2.24, 2.45) is 0 Å². The van der Waals surface area contributed by atoms with Gasteiger partial charge in [-0.3, -0.25) is 0 Å². The molecule has 322 valence electrons. The molecule has 0 saturated carbocycles. The lowest BCUT2D eigenvalue weighted by Gasteiger charge is -2.40. The van der Waals surface area contributed by atoms with E-state index in [4.69, 9.17) is 4.74 Å². The Kier molecular flexibility index (Phi) is 8.17. The Labute approximate surface area is 405 Å². The summed E-state index contributed by atoms with van der Waals surface area (Å²) in [6.07, 6.45) is 0. The lowest BCUT2D eigenvalue weighted by atomic mass is 9.66. The van der Waals surface area contributed by atoms with Gasteiger partial charge >= 0.3 is 0 Å². The Bertz CT molecular complexity index is 3850. The van der Waals surface area contributed by atoms with E-state index in [1.807, 2.05) is 11.8 Å². The van der Waals surface area contributed by atoms with E-state index >= 15 is 0 Å². The van der Waals surface area contributed by atoms with E-state index in [2.05, 4.69) is 254 Å². The van der Waals surface area contributed by atoms with Crippen LogP contribution in [0.5, 0.6) is 11.5 Å². The second-order valence-corrected chi connectivity index (χ2v) is 19.7. The van der Waals surface area contributed by atoms with Gasteiger partial charge in [-0.15, -0.1) is 0 Å². The highest BCUT2D eigenvalue weighted by atomic mass is 32.2. The molecule has 11 aromatic rings. The molecule has 15 rings (SSSR count). The lowest BCUT2D eigenvalue weighted by molar-refractivity contribution is 0.436. The zero-order chi connectivity index (χ0) is 45.3. The van der Waals surface area contributed by atoms with E-state index in [0.29, 0.717) is 0 Å². The van der Waals surface area contributed by atoms with E-state index in [1.165, 1.54) is 87.3 Å². The monoisotopic (exact) mass is 895 g/mol. The maximum Gasteiger partial charge on any atom is 0.132 e. The standard InChI is InChI=1S/C66H41NOS/c1-2-19-42(20-3-1)44-39-40-58(48-23-5-4-21-45(44)48)67(43-37-38-47-46-22-6-8-25-50(46)66(57(47)41-43)54-29-12-16-35-62(54)69-63-36-17-13-30-55(63)66)59-32-18-31-56-64(59)49-24-7-9-26-51(49)65(56)52-27-10-14-33-60(52)68-61-34-15-11-28-53(61)65/h1-41H. The van der Waals surface area contributed by atoms with Crippen molar-refractivity contribution in [1.29, 1.82) is 0 Å². The second kappa shape index (κ2) is 14.6. The topological polar surface area (TPSA) is 12.5 Å². The van der Waals surface area contributed by atoms with Crippen molar-refractivity contribution in [2.45, 2.75) is 20.6 Å². The SMILES string of the molecule is c1ccc(-c2ccc(N(c3ccc4c(c3)C3(c5ccccc5Sc5ccccc53)c3ccccc3-4)c3cccc4c3-c3ccccc3C43c4ccccc4Oc4ccccc43)c3ccccc23)cc1. The molecule has 0 atom stereocenters. The fourth-order valence-corrected chi connectivity index (χ4v) is 14.0. The molecule has 0 saturated heterocycles. The Morgan fingerprint density at radius 3 is 1.54 bits per heavy atom. The van der Waals surface area contributed by atoms with Gasteiger partial charge in [0, 0.05) is 37.6 Å². The minimum absolute atomic E-state index is 0.532. The molecular formula is C66H41NOS. The summed E-state index contributed by atoms with van der Waals surface area (Å²) in [7, 11) is 0. The molecule has 2 heterocycles. The van der Waals surface area contributed by atoms with Crippen LogP contribution < -0.4 is 9.64 Å². The molecule has 0 aromatic heterocycles. The van der Waals surface area contributed by atoms with Gasteiger partial charge in [0.25, 0.3) is 0 Å². The Morgan fingerprint density at radius 2 is 0.826 bits per heavy atom. The van der Waals surface area contributed by atoms with E-state index in [0.717, 1.165) is 39.7 Å². The van der Waals surface area contributed by atoms with Crippen molar-refractivity contribution >= 4 is 39.6 Å². The van der Waals surface area contributed by atoms with Gasteiger partial charge in [0.05, 0.1) is 22.2 Å². The minimum atomic E-state index is -0.616. The molecule has 3 heteroatoms. The van der Waals surface area contributed by atoms with Crippen molar-refractivity contribution in [1.82, 2.24) is 0 Å². The van der Waals surface area contributed by atoms with Crippen molar-refractivity contribution in [3.63, 3.8) is 0 Å². The molecule has 2 spiro atoms. The normalized spacial score (nSPS) is 14.4. The fourth-order valence-electron chi connectivity index (χ4n) is 12.8. The first-order chi connectivity index (χ1) is 34.2. The Hall–Kier alpha value is -8.37. The molecule has 69 heavy (non-hydrogen) atoms. The van der Waals surface area contributed by atoms with E-state index < -0.39 is 10.8 Å². The fraction of sp³-hybridized carbons (Fsp3) is 0.0303. The van der Waals surface area contributed by atoms with Gasteiger partial charge < -0.3 is 9.64 Å². The summed E-state index contributed by atoms with van der Waals surface area (Å²) < 4.78 is 6.77. The molecule has 4 aliphatic rings. The van der Waals surface area contributed by atoms with E-state index in [-0.39, 0.29) is 0 Å². The summed E-state index contributed by atoms with van der Waals surface area (Å²) in [6, 6.07) is 92.5. The molecule has 0 amide bonds. The first-order valence-electron chi connectivity index (χ1n) is 23.8. The van der Waals surface area contributed by atoms with Crippen LogP contribution in [-0.2, 0) is 10.8 Å². The zero-order valence-electron chi connectivity index (χ0n) is 37.4. The summed E-state index contributed by atoms with van der Waals surface area (Å²) in [5, 5.41) is 2.39. The zero-order valence-corrected chi connectivity index (χ0v) is 38.3. The van der Waals surface area contributed by atoms with Gasteiger partial charge in [0.2, 0.25) is 0 Å². The third-order valence-corrected chi connectivity index (χ3v) is 16.6. The largest absolute Gasteiger partial charge is 0.457 e. The number of anilines is 3. The third kappa shape index (κ3) is 5.12. The van der Waals surface area contributed by atoms with Crippen molar-refractivity contribution in [3.05, 3.63) is 293 Å². The Balaban J connectivity index is 1.06. The molecule has 2 aliphatic carbocycles. The van der Waals surface area contributed by atoms with Gasteiger partial charge in [-0.05, 0) is 115 Å². The molecule has 0 unspecified atom stereocenters. The smallest absolute Gasteiger partial charge is 0.132 e. The maximum absolute atomic E-state index is 6.77. The minimum Gasteiger partial charge on any atom is -0.457 e. The van der Waals surface area contributed by atoms with Crippen LogP contribution in [0.1, 0.15) is 44.5 Å². The highest BCUT2D eigenvalue weighted by molar-refractivity contribution is 7.99. The van der Waals surface area contributed by atoms with E-state index in [1.54, 1.807) is 0 Å². The molecular weight excluding hydrogens is 855 g/mol. The summed E-state index contributed by atoms with van der Waals surface area (Å²) in [4.78, 5) is 5.17. The van der Waals surface area contributed by atoms with Crippen LogP contribution in [0.25, 0.3) is 44.2 Å². The van der Waals surface area contributed by atoms with E-state index in [9.17, 15) is 0 Å². The maximum atomic E-state index is 6.77. The number of hydrogen-bond donors (Lipinski definition) is 0. The Morgan fingerprint density at radius 1 is 0.319 bits per heavy atom. The van der Waals surface area contributed by atoms with Crippen molar-refractivity contribution in [3.8, 4) is 44.9 Å². The van der Waals surface area contributed by atoms with Gasteiger partial charge in [-0.2, -0.15) is 0 Å². The lowest BCUT2D eigenvalue weighted by Crippen LogP contribution is -2.32. The molecule has 2 aliphatic heterocycles. The molecule has 11 aromatic carbocycles. The molecule has 2 nitrogen and oxygen atoms in total. The van der Waals surface area contributed by atoms with Gasteiger partial charge in [0.15, 0.2) is 0 Å². The van der Waals surface area contributed by atoms with Crippen LogP contribution in [0.15, 0.2) is 259 Å². The average Bonchev–Trinajstić information content (AvgIpc) is 3.87. The first-order valence-corrected chi connectivity index (χ1v) is 24.6. The third-order valence-electron chi connectivity index (χ3n) is 15.4. The molecule has 0 fully saturated rings. The van der Waals surface area contributed by atoms with Crippen LogP contribution in [-0.4, -0.2) is 0 Å².